The molecule has 1 saturated heterocycles. The SMILES string of the molecule is C=C(c1ccc(Cl)nc1)c1ccccc1COC1CCCCO1. The van der Waals surface area contributed by atoms with Crippen LogP contribution in [-0.4, -0.2) is 17.9 Å². The molecule has 0 bridgehead atoms. The Balaban J connectivity index is 1.74. The Morgan fingerprint density at radius 1 is 1.26 bits per heavy atom. The zero-order chi connectivity index (χ0) is 16.1. The second-order valence-corrected chi connectivity index (χ2v) is 6.00. The quantitative estimate of drug-likeness (QED) is 0.735. The monoisotopic (exact) mass is 329 g/mol. The number of rotatable bonds is 5. The third-order valence-electron chi connectivity index (χ3n) is 3.98. The van der Waals surface area contributed by atoms with Gasteiger partial charge in [0.2, 0.25) is 0 Å². The average Bonchev–Trinajstić information content (AvgIpc) is 2.61. The van der Waals surface area contributed by atoms with Crippen LogP contribution in [0.4, 0.5) is 0 Å². The van der Waals surface area contributed by atoms with Crippen LogP contribution in [0.5, 0.6) is 0 Å². The van der Waals surface area contributed by atoms with Gasteiger partial charge < -0.3 is 9.47 Å². The maximum absolute atomic E-state index is 5.91. The van der Waals surface area contributed by atoms with Crippen LogP contribution in [0, 0.1) is 0 Å². The van der Waals surface area contributed by atoms with Gasteiger partial charge in [0.15, 0.2) is 6.29 Å². The van der Waals surface area contributed by atoms with E-state index in [-0.39, 0.29) is 6.29 Å². The predicted octanol–water partition coefficient (Wildman–Crippen LogP) is 4.84. The van der Waals surface area contributed by atoms with E-state index in [4.69, 9.17) is 21.1 Å². The molecule has 0 aliphatic carbocycles. The summed E-state index contributed by atoms with van der Waals surface area (Å²) in [6, 6.07) is 11.8. The number of hydrogen-bond donors (Lipinski definition) is 0. The molecule has 0 N–H and O–H groups in total. The number of ether oxygens (including phenoxy) is 2. The summed E-state index contributed by atoms with van der Waals surface area (Å²) in [6.45, 7) is 5.51. The van der Waals surface area contributed by atoms with Crippen LogP contribution < -0.4 is 0 Å². The van der Waals surface area contributed by atoms with E-state index in [1.165, 1.54) is 0 Å². The van der Waals surface area contributed by atoms with Crippen molar-refractivity contribution < 1.29 is 9.47 Å². The first kappa shape index (κ1) is 16.2. The summed E-state index contributed by atoms with van der Waals surface area (Å²) in [5.74, 6) is 0. The van der Waals surface area contributed by atoms with Crippen LogP contribution >= 0.6 is 11.6 Å². The lowest BCUT2D eigenvalue weighted by molar-refractivity contribution is -0.168. The molecule has 2 aromatic rings. The van der Waals surface area contributed by atoms with Gasteiger partial charge in [-0.05, 0) is 48.1 Å². The highest BCUT2D eigenvalue weighted by molar-refractivity contribution is 6.29. The summed E-state index contributed by atoms with van der Waals surface area (Å²) >= 11 is 5.85. The van der Waals surface area contributed by atoms with Crippen LogP contribution in [0.3, 0.4) is 0 Å². The topological polar surface area (TPSA) is 31.4 Å². The van der Waals surface area contributed by atoms with Gasteiger partial charge in [-0.3, -0.25) is 0 Å². The minimum absolute atomic E-state index is 0.0951. The van der Waals surface area contributed by atoms with Gasteiger partial charge in [-0.15, -0.1) is 0 Å². The third kappa shape index (κ3) is 4.20. The molecule has 1 fully saturated rings. The molecule has 1 aliphatic rings. The Kier molecular flexibility index (Phi) is 5.44. The first-order valence-electron chi connectivity index (χ1n) is 7.86. The van der Waals surface area contributed by atoms with Crippen LogP contribution in [0.15, 0.2) is 49.2 Å². The summed E-state index contributed by atoms with van der Waals surface area (Å²) < 4.78 is 11.5. The number of hydrogen-bond acceptors (Lipinski definition) is 3. The van der Waals surface area contributed by atoms with Gasteiger partial charge in [0.05, 0.1) is 6.61 Å². The number of pyridine rings is 1. The lowest BCUT2D eigenvalue weighted by Gasteiger charge is -2.23. The van der Waals surface area contributed by atoms with E-state index in [1.54, 1.807) is 12.3 Å². The van der Waals surface area contributed by atoms with Crippen molar-refractivity contribution in [1.29, 1.82) is 0 Å². The first-order valence-corrected chi connectivity index (χ1v) is 8.24. The van der Waals surface area contributed by atoms with Gasteiger partial charge in [0.1, 0.15) is 5.15 Å². The highest BCUT2D eigenvalue weighted by atomic mass is 35.5. The van der Waals surface area contributed by atoms with Crippen molar-refractivity contribution in [3.63, 3.8) is 0 Å². The Hall–Kier alpha value is -1.68. The van der Waals surface area contributed by atoms with E-state index in [0.717, 1.165) is 48.1 Å². The minimum atomic E-state index is -0.0951. The molecule has 120 valence electrons. The molecule has 1 atom stereocenters. The molecule has 3 rings (SSSR count). The Labute approximate surface area is 141 Å². The predicted molar refractivity (Wildman–Crippen MR) is 92.2 cm³/mol. The standard InChI is InChI=1S/C19H20ClNO2/c1-14(15-9-10-18(20)21-12-15)17-7-3-2-6-16(17)13-23-19-8-4-5-11-22-19/h2-3,6-7,9-10,12,19H,1,4-5,8,11,13H2. The average molecular weight is 330 g/mol. The molecule has 1 unspecified atom stereocenters. The molecule has 0 amide bonds. The van der Waals surface area contributed by atoms with E-state index in [1.807, 2.05) is 18.2 Å². The zero-order valence-electron chi connectivity index (χ0n) is 13.0. The molecular formula is C19H20ClNO2. The summed E-state index contributed by atoms with van der Waals surface area (Å²) in [5, 5.41) is 0.479. The van der Waals surface area contributed by atoms with Gasteiger partial charge in [-0.1, -0.05) is 42.4 Å². The maximum atomic E-state index is 5.91. The lowest BCUT2D eigenvalue weighted by atomic mass is 9.96. The van der Waals surface area contributed by atoms with E-state index >= 15 is 0 Å². The highest BCUT2D eigenvalue weighted by Crippen LogP contribution is 2.26. The number of nitrogens with zero attached hydrogens (tertiary/aromatic N) is 1. The molecule has 0 spiro atoms. The van der Waals surface area contributed by atoms with Gasteiger partial charge >= 0.3 is 0 Å². The second-order valence-electron chi connectivity index (χ2n) is 5.61. The van der Waals surface area contributed by atoms with Crippen LogP contribution in [0.1, 0.15) is 36.0 Å². The first-order chi connectivity index (χ1) is 11.2. The molecule has 1 aliphatic heterocycles. The molecule has 0 saturated carbocycles. The summed E-state index contributed by atoms with van der Waals surface area (Å²) in [6.07, 6.45) is 4.89. The summed E-state index contributed by atoms with van der Waals surface area (Å²) in [4.78, 5) is 4.13. The smallest absolute Gasteiger partial charge is 0.158 e. The molecular weight excluding hydrogens is 310 g/mol. The third-order valence-corrected chi connectivity index (χ3v) is 4.20. The van der Waals surface area contributed by atoms with Crippen molar-refractivity contribution >= 4 is 17.2 Å². The molecule has 23 heavy (non-hydrogen) atoms. The minimum Gasteiger partial charge on any atom is -0.353 e. The zero-order valence-corrected chi connectivity index (χ0v) is 13.8. The van der Waals surface area contributed by atoms with Crippen molar-refractivity contribution in [2.24, 2.45) is 0 Å². The van der Waals surface area contributed by atoms with Gasteiger partial charge in [-0.25, -0.2) is 4.98 Å². The van der Waals surface area contributed by atoms with Gasteiger partial charge in [0, 0.05) is 18.4 Å². The van der Waals surface area contributed by atoms with Gasteiger partial charge in [-0.2, -0.15) is 0 Å². The van der Waals surface area contributed by atoms with Crippen molar-refractivity contribution in [3.8, 4) is 0 Å². The number of benzene rings is 1. The fourth-order valence-electron chi connectivity index (χ4n) is 2.68. The normalized spacial score (nSPS) is 17.9. The van der Waals surface area contributed by atoms with Crippen molar-refractivity contribution in [2.75, 3.05) is 6.61 Å². The fourth-order valence-corrected chi connectivity index (χ4v) is 2.79. The van der Waals surface area contributed by atoms with Crippen molar-refractivity contribution in [1.82, 2.24) is 4.98 Å². The highest BCUT2D eigenvalue weighted by Gasteiger charge is 2.15. The Bertz CT molecular complexity index is 663. The molecule has 2 heterocycles. The molecule has 4 heteroatoms. The van der Waals surface area contributed by atoms with E-state index in [0.29, 0.717) is 11.8 Å². The van der Waals surface area contributed by atoms with E-state index < -0.39 is 0 Å². The molecule has 0 radical (unpaired) electrons. The molecule has 1 aromatic heterocycles. The summed E-state index contributed by atoms with van der Waals surface area (Å²) in [5.41, 5.74) is 4.03. The lowest BCUT2D eigenvalue weighted by Crippen LogP contribution is -2.22. The number of aromatic nitrogens is 1. The fraction of sp³-hybridized carbons (Fsp3) is 0.316. The number of halogens is 1. The van der Waals surface area contributed by atoms with Gasteiger partial charge in [0.25, 0.3) is 0 Å². The molecule has 3 nitrogen and oxygen atoms in total. The molecule has 1 aromatic carbocycles. The van der Waals surface area contributed by atoms with E-state index in [9.17, 15) is 0 Å². The maximum Gasteiger partial charge on any atom is 0.158 e. The summed E-state index contributed by atoms with van der Waals surface area (Å²) in [7, 11) is 0. The second kappa shape index (κ2) is 7.73. The van der Waals surface area contributed by atoms with Crippen LogP contribution in [-0.2, 0) is 16.1 Å². The Morgan fingerprint density at radius 3 is 2.87 bits per heavy atom. The van der Waals surface area contributed by atoms with Crippen molar-refractivity contribution in [3.05, 3.63) is 71.0 Å². The van der Waals surface area contributed by atoms with E-state index in [2.05, 4.69) is 23.7 Å². The van der Waals surface area contributed by atoms with Crippen LogP contribution in [0.2, 0.25) is 5.15 Å². The largest absolute Gasteiger partial charge is 0.353 e. The van der Waals surface area contributed by atoms with Crippen LogP contribution in [0.25, 0.3) is 5.57 Å². The Morgan fingerprint density at radius 2 is 2.13 bits per heavy atom. The van der Waals surface area contributed by atoms with Crippen molar-refractivity contribution in [2.45, 2.75) is 32.2 Å².